The van der Waals surface area contributed by atoms with Gasteiger partial charge in [-0.1, -0.05) is 18.7 Å². The Balaban J connectivity index is 2.77. The Morgan fingerprint density at radius 1 is 1.26 bits per heavy atom. The molecule has 23 heavy (non-hydrogen) atoms. The number of esters is 2. The van der Waals surface area contributed by atoms with E-state index in [9.17, 15) is 19.5 Å². The standard InChI is InChI=1S/C16H18O7/c1-3-14(18)22-9-8-13(10(2)17)23-16(21)12-7-5-4-6-11(12)15(19)20/h3-7,10,13,17H,1,8-9H2,2H3,(H,19,20). The lowest BCUT2D eigenvalue weighted by Crippen LogP contribution is -2.31. The van der Waals surface area contributed by atoms with Gasteiger partial charge in [0.2, 0.25) is 0 Å². The van der Waals surface area contributed by atoms with Crippen molar-refractivity contribution in [1.82, 2.24) is 0 Å². The normalized spacial score (nSPS) is 12.8. The third-order valence-electron chi connectivity index (χ3n) is 2.99. The number of aliphatic hydroxyl groups excluding tert-OH is 1. The average Bonchev–Trinajstić information content (AvgIpc) is 2.53. The number of aromatic carboxylic acids is 1. The second-order valence-electron chi connectivity index (χ2n) is 4.70. The smallest absolute Gasteiger partial charge is 0.339 e. The summed E-state index contributed by atoms with van der Waals surface area (Å²) in [5.74, 6) is -2.76. The molecular formula is C16H18O7. The van der Waals surface area contributed by atoms with Crippen molar-refractivity contribution in [2.24, 2.45) is 0 Å². The SMILES string of the molecule is C=CC(=O)OCCC(OC(=O)c1ccccc1C(=O)O)C(C)O. The van der Waals surface area contributed by atoms with Crippen molar-refractivity contribution in [3.05, 3.63) is 48.0 Å². The fourth-order valence-electron chi connectivity index (χ4n) is 1.78. The lowest BCUT2D eigenvalue weighted by Gasteiger charge is -2.20. The van der Waals surface area contributed by atoms with Gasteiger partial charge in [-0.05, 0) is 19.1 Å². The van der Waals surface area contributed by atoms with E-state index in [0.717, 1.165) is 6.08 Å². The van der Waals surface area contributed by atoms with E-state index in [1.165, 1.54) is 31.2 Å². The van der Waals surface area contributed by atoms with Gasteiger partial charge in [0.1, 0.15) is 6.10 Å². The molecule has 2 unspecified atom stereocenters. The molecule has 124 valence electrons. The zero-order valence-corrected chi connectivity index (χ0v) is 12.6. The van der Waals surface area contributed by atoms with Crippen LogP contribution >= 0.6 is 0 Å². The molecule has 2 atom stereocenters. The molecule has 7 nitrogen and oxygen atoms in total. The maximum Gasteiger partial charge on any atom is 0.339 e. The van der Waals surface area contributed by atoms with Gasteiger partial charge in [-0.3, -0.25) is 0 Å². The Bertz CT molecular complexity index is 592. The average molecular weight is 322 g/mol. The van der Waals surface area contributed by atoms with E-state index in [4.69, 9.17) is 14.6 Å². The van der Waals surface area contributed by atoms with Gasteiger partial charge in [0.15, 0.2) is 0 Å². The molecular weight excluding hydrogens is 304 g/mol. The molecule has 7 heteroatoms. The lowest BCUT2D eigenvalue weighted by molar-refractivity contribution is -0.138. The fourth-order valence-corrected chi connectivity index (χ4v) is 1.78. The second kappa shape index (κ2) is 8.70. The van der Waals surface area contributed by atoms with Crippen LogP contribution in [0.5, 0.6) is 0 Å². The third kappa shape index (κ3) is 5.55. The number of benzene rings is 1. The maximum absolute atomic E-state index is 12.1. The molecule has 0 saturated heterocycles. The van der Waals surface area contributed by atoms with Crippen LogP contribution in [0.2, 0.25) is 0 Å². The Morgan fingerprint density at radius 3 is 2.39 bits per heavy atom. The number of rotatable bonds is 8. The van der Waals surface area contributed by atoms with Crippen molar-refractivity contribution < 1.29 is 34.1 Å². The summed E-state index contributed by atoms with van der Waals surface area (Å²) in [6, 6.07) is 5.60. The van der Waals surface area contributed by atoms with E-state index in [0.29, 0.717) is 0 Å². The highest BCUT2D eigenvalue weighted by atomic mass is 16.6. The molecule has 0 aromatic heterocycles. The Labute approximate surface area is 133 Å². The highest BCUT2D eigenvalue weighted by Crippen LogP contribution is 2.14. The number of carbonyl (C=O) groups excluding carboxylic acids is 2. The first-order chi connectivity index (χ1) is 10.9. The minimum Gasteiger partial charge on any atom is -0.478 e. The first-order valence-corrected chi connectivity index (χ1v) is 6.87. The van der Waals surface area contributed by atoms with Gasteiger partial charge in [-0.2, -0.15) is 0 Å². The highest BCUT2D eigenvalue weighted by molar-refractivity contribution is 6.02. The summed E-state index contributed by atoms with van der Waals surface area (Å²) in [4.78, 5) is 34.2. The molecule has 0 aliphatic rings. The molecule has 0 saturated carbocycles. The lowest BCUT2D eigenvalue weighted by atomic mass is 10.1. The van der Waals surface area contributed by atoms with Crippen molar-refractivity contribution in [1.29, 1.82) is 0 Å². The summed E-state index contributed by atoms with van der Waals surface area (Å²) in [5, 5.41) is 18.7. The van der Waals surface area contributed by atoms with Crippen LogP contribution < -0.4 is 0 Å². The molecule has 1 aromatic carbocycles. The summed E-state index contributed by atoms with van der Waals surface area (Å²) in [7, 11) is 0. The molecule has 0 fully saturated rings. The quantitative estimate of drug-likeness (QED) is 0.550. The van der Waals surface area contributed by atoms with Crippen LogP contribution in [0.1, 0.15) is 34.1 Å². The van der Waals surface area contributed by atoms with Crippen molar-refractivity contribution in [3.63, 3.8) is 0 Å². The molecule has 0 radical (unpaired) electrons. The Morgan fingerprint density at radius 2 is 1.87 bits per heavy atom. The van der Waals surface area contributed by atoms with Gasteiger partial charge < -0.3 is 19.7 Å². The van der Waals surface area contributed by atoms with Crippen molar-refractivity contribution in [2.45, 2.75) is 25.6 Å². The van der Waals surface area contributed by atoms with Gasteiger partial charge in [0.05, 0.1) is 23.8 Å². The number of carboxylic acids is 1. The molecule has 1 aromatic rings. The van der Waals surface area contributed by atoms with Crippen LogP contribution in [0.3, 0.4) is 0 Å². The summed E-state index contributed by atoms with van der Waals surface area (Å²) >= 11 is 0. The molecule has 0 bridgehead atoms. The zero-order chi connectivity index (χ0) is 17.4. The Kier molecular flexibility index (Phi) is 6.95. The first-order valence-electron chi connectivity index (χ1n) is 6.87. The topological polar surface area (TPSA) is 110 Å². The number of hydrogen-bond acceptors (Lipinski definition) is 6. The molecule has 1 rings (SSSR count). The van der Waals surface area contributed by atoms with Gasteiger partial charge in [0, 0.05) is 12.5 Å². The van der Waals surface area contributed by atoms with E-state index in [2.05, 4.69) is 6.58 Å². The van der Waals surface area contributed by atoms with Crippen LogP contribution in [0, 0.1) is 0 Å². The first kappa shape index (κ1) is 18.4. The van der Waals surface area contributed by atoms with Crippen molar-refractivity contribution >= 4 is 17.9 Å². The molecule has 0 heterocycles. The van der Waals surface area contributed by atoms with Crippen LogP contribution in [0.25, 0.3) is 0 Å². The number of carbonyl (C=O) groups is 3. The molecule has 0 aliphatic heterocycles. The van der Waals surface area contributed by atoms with Gasteiger partial charge >= 0.3 is 17.9 Å². The van der Waals surface area contributed by atoms with E-state index in [-0.39, 0.29) is 24.2 Å². The predicted molar refractivity (Wildman–Crippen MR) is 80.1 cm³/mol. The molecule has 0 spiro atoms. The van der Waals surface area contributed by atoms with Crippen molar-refractivity contribution in [3.8, 4) is 0 Å². The monoisotopic (exact) mass is 322 g/mol. The molecule has 2 N–H and O–H groups in total. The van der Waals surface area contributed by atoms with E-state index >= 15 is 0 Å². The summed E-state index contributed by atoms with van der Waals surface area (Å²) in [5.41, 5.74) is -0.311. The maximum atomic E-state index is 12.1. The molecule has 0 amide bonds. The van der Waals surface area contributed by atoms with Gasteiger partial charge in [0.25, 0.3) is 0 Å². The predicted octanol–water partition coefficient (Wildman–Crippen LogP) is 1.41. The van der Waals surface area contributed by atoms with Crippen LogP contribution in [0.15, 0.2) is 36.9 Å². The minimum atomic E-state index is -1.26. The van der Waals surface area contributed by atoms with E-state index in [1.54, 1.807) is 0 Å². The van der Waals surface area contributed by atoms with Crippen LogP contribution in [-0.2, 0) is 14.3 Å². The number of ether oxygens (including phenoxy) is 2. The summed E-state index contributed by atoms with van der Waals surface area (Å²) in [6.07, 6.45) is -0.898. The van der Waals surface area contributed by atoms with Gasteiger partial charge in [-0.15, -0.1) is 0 Å². The summed E-state index contributed by atoms with van der Waals surface area (Å²) in [6.45, 7) is 4.58. The van der Waals surface area contributed by atoms with Crippen molar-refractivity contribution in [2.75, 3.05) is 6.61 Å². The largest absolute Gasteiger partial charge is 0.478 e. The summed E-state index contributed by atoms with van der Waals surface area (Å²) < 4.78 is 9.90. The second-order valence-corrected chi connectivity index (χ2v) is 4.70. The van der Waals surface area contributed by atoms with E-state index in [1.807, 2.05) is 0 Å². The zero-order valence-electron chi connectivity index (χ0n) is 12.6. The highest BCUT2D eigenvalue weighted by Gasteiger charge is 2.24. The van der Waals surface area contributed by atoms with Crippen LogP contribution in [0.4, 0.5) is 0 Å². The van der Waals surface area contributed by atoms with E-state index < -0.39 is 30.1 Å². The third-order valence-corrected chi connectivity index (χ3v) is 2.99. The minimum absolute atomic E-state index is 0.0677. The Hall–Kier alpha value is -2.67. The number of carboxylic acid groups (broad SMARTS) is 1. The fraction of sp³-hybridized carbons (Fsp3) is 0.312. The van der Waals surface area contributed by atoms with Crippen LogP contribution in [-0.4, -0.2) is 46.9 Å². The van der Waals surface area contributed by atoms with Gasteiger partial charge in [-0.25, -0.2) is 14.4 Å². The molecule has 0 aliphatic carbocycles. The number of hydrogen-bond donors (Lipinski definition) is 2. The number of aliphatic hydroxyl groups is 1.